The van der Waals surface area contributed by atoms with Crippen LogP contribution in [-0.4, -0.2) is 38.5 Å². The number of nitrogens with two attached hydrogens (primary N) is 1. The van der Waals surface area contributed by atoms with Crippen molar-refractivity contribution >= 4 is 15.7 Å². The van der Waals surface area contributed by atoms with Crippen molar-refractivity contribution in [2.45, 2.75) is 65.3 Å². The minimum atomic E-state index is -3.56. The number of terminal acetylenes is 2. The average Bonchev–Trinajstić information content (AvgIpc) is 2.89. The summed E-state index contributed by atoms with van der Waals surface area (Å²) in [6, 6.07) is 8.41. The Morgan fingerprint density at radius 2 is 1.58 bits per heavy atom. The summed E-state index contributed by atoms with van der Waals surface area (Å²) < 4.78 is 23.8. The van der Waals surface area contributed by atoms with Gasteiger partial charge in [0.1, 0.15) is 0 Å². The van der Waals surface area contributed by atoms with Crippen LogP contribution in [0.4, 0.5) is 0 Å². The largest absolute Gasteiger partial charge is 0.354 e. The fraction of sp³-hybridized carbons (Fsp3) is 0.500. The zero-order chi connectivity index (χ0) is 26.7. The standard InChI is InChI=1S/C18H31N3O3S.C2H6.C2H4.2C2H2/c1-3-5-12-25(23,24)17(19)18(22)21-11-7-10-20-14-16-9-6-8-15(4-2)13-16;4*1-2/h6,8-9,13,17,20H,3-5,7,10-12,14,19H2,1-2H3,(H,21,22);1-2H3;1-2H2;2*1-2H/t17-;;;;/m1..../s1. The first-order chi connectivity index (χ1) is 15.9. The lowest BCUT2D eigenvalue weighted by molar-refractivity contribution is -0.120. The molecule has 0 saturated carbocycles. The molecule has 1 amide bonds. The first kappa shape index (κ1) is 37.7. The molecule has 0 aliphatic carbocycles. The molecule has 33 heavy (non-hydrogen) atoms. The summed E-state index contributed by atoms with van der Waals surface area (Å²) in [6.07, 6.45) is 19.0. The molecule has 0 aromatic heterocycles. The van der Waals surface area contributed by atoms with E-state index < -0.39 is 21.1 Å². The fourth-order valence-electron chi connectivity index (χ4n) is 2.35. The number of benzene rings is 1. The van der Waals surface area contributed by atoms with Crippen LogP contribution < -0.4 is 16.4 Å². The van der Waals surface area contributed by atoms with E-state index in [2.05, 4.69) is 80.7 Å². The predicted molar refractivity (Wildman–Crippen MR) is 144 cm³/mol. The van der Waals surface area contributed by atoms with Crippen molar-refractivity contribution < 1.29 is 13.2 Å². The maximum atomic E-state index is 11.9. The van der Waals surface area contributed by atoms with Crippen LogP contribution in [0, 0.1) is 25.7 Å². The van der Waals surface area contributed by atoms with Gasteiger partial charge in [-0.15, -0.1) is 38.9 Å². The van der Waals surface area contributed by atoms with Crippen molar-refractivity contribution in [3.63, 3.8) is 0 Å². The van der Waals surface area contributed by atoms with Gasteiger partial charge in [0.2, 0.25) is 0 Å². The molecule has 7 heteroatoms. The van der Waals surface area contributed by atoms with Crippen LogP contribution in [0.2, 0.25) is 0 Å². The molecule has 0 unspecified atom stereocenters. The van der Waals surface area contributed by atoms with Gasteiger partial charge in [-0.2, -0.15) is 0 Å². The van der Waals surface area contributed by atoms with E-state index in [1.807, 2.05) is 20.8 Å². The Hall–Kier alpha value is -2.58. The Kier molecular flexibility index (Phi) is 31.4. The third-order valence-corrected chi connectivity index (χ3v) is 5.83. The van der Waals surface area contributed by atoms with Crippen molar-refractivity contribution in [3.05, 3.63) is 48.6 Å². The molecule has 0 heterocycles. The van der Waals surface area contributed by atoms with E-state index in [0.717, 1.165) is 25.9 Å². The Labute approximate surface area is 203 Å². The zero-order valence-corrected chi connectivity index (χ0v) is 21.8. The number of unbranched alkanes of at least 4 members (excludes halogenated alkanes) is 1. The normalized spacial score (nSPS) is 10.1. The Morgan fingerprint density at radius 1 is 1.03 bits per heavy atom. The van der Waals surface area contributed by atoms with E-state index >= 15 is 0 Å². The summed E-state index contributed by atoms with van der Waals surface area (Å²) in [7, 11) is -3.56. The number of hydrogen-bond acceptors (Lipinski definition) is 5. The van der Waals surface area contributed by atoms with Gasteiger partial charge in [-0.25, -0.2) is 8.42 Å². The van der Waals surface area contributed by atoms with E-state index in [-0.39, 0.29) is 5.75 Å². The molecule has 0 saturated heterocycles. The fourth-order valence-corrected chi connectivity index (χ4v) is 3.71. The molecule has 6 nitrogen and oxygen atoms in total. The van der Waals surface area contributed by atoms with E-state index in [4.69, 9.17) is 5.73 Å². The number of sulfone groups is 1. The molecule has 0 fully saturated rings. The third-order valence-electron chi connectivity index (χ3n) is 3.99. The van der Waals surface area contributed by atoms with Gasteiger partial charge in [0, 0.05) is 13.1 Å². The summed E-state index contributed by atoms with van der Waals surface area (Å²) in [5.41, 5.74) is 8.10. The highest BCUT2D eigenvalue weighted by atomic mass is 32.2. The number of carbonyl (C=O) groups excluding carboxylic acids is 1. The molecule has 0 aliphatic rings. The molecule has 4 N–H and O–H groups in total. The first-order valence-electron chi connectivity index (χ1n) is 11.1. The van der Waals surface area contributed by atoms with Gasteiger partial charge in [-0.1, -0.05) is 58.4 Å². The number of nitrogens with one attached hydrogen (secondary N) is 2. The van der Waals surface area contributed by atoms with E-state index in [0.29, 0.717) is 19.4 Å². The van der Waals surface area contributed by atoms with Crippen LogP contribution in [0.1, 0.15) is 58.1 Å². The topological polar surface area (TPSA) is 101 Å². The van der Waals surface area contributed by atoms with Crippen LogP contribution in [0.3, 0.4) is 0 Å². The number of hydrogen-bond donors (Lipinski definition) is 3. The molecule has 1 aromatic rings. The summed E-state index contributed by atoms with van der Waals surface area (Å²) in [5.74, 6) is -0.664. The van der Waals surface area contributed by atoms with Crippen LogP contribution in [-0.2, 0) is 27.6 Å². The van der Waals surface area contributed by atoms with Crippen LogP contribution >= 0.6 is 0 Å². The maximum absolute atomic E-state index is 11.9. The molecule has 0 aliphatic heterocycles. The molecular weight excluding hydrogens is 434 g/mol. The molecule has 0 spiro atoms. The average molecular weight is 480 g/mol. The van der Waals surface area contributed by atoms with Gasteiger partial charge >= 0.3 is 0 Å². The summed E-state index contributed by atoms with van der Waals surface area (Å²) in [5, 5.41) is 4.44. The number of aryl methyl sites for hydroxylation is 1. The molecular formula is C26H45N3O3S. The SMILES string of the molecule is C#C.C#C.C=C.CC.CCCCS(=O)(=O)[C@@H](N)C(=O)NCCCNCc1cccc(CC)c1. The summed E-state index contributed by atoms with van der Waals surface area (Å²) in [4.78, 5) is 11.8. The molecule has 0 bridgehead atoms. The highest BCUT2D eigenvalue weighted by Crippen LogP contribution is 2.05. The van der Waals surface area contributed by atoms with Gasteiger partial charge in [-0.05, 0) is 36.9 Å². The lowest BCUT2D eigenvalue weighted by Gasteiger charge is -2.13. The summed E-state index contributed by atoms with van der Waals surface area (Å²) >= 11 is 0. The van der Waals surface area contributed by atoms with Crippen molar-refractivity contribution in [1.29, 1.82) is 0 Å². The second-order valence-electron chi connectivity index (χ2n) is 6.14. The van der Waals surface area contributed by atoms with Gasteiger partial charge in [0.15, 0.2) is 15.2 Å². The highest BCUT2D eigenvalue weighted by molar-refractivity contribution is 7.92. The summed E-state index contributed by atoms with van der Waals surface area (Å²) in [6.45, 7) is 15.9. The second-order valence-corrected chi connectivity index (χ2v) is 8.38. The van der Waals surface area contributed by atoms with Crippen LogP contribution in [0.25, 0.3) is 0 Å². The van der Waals surface area contributed by atoms with E-state index in [9.17, 15) is 13.2 Å². The van der Waals surface area contributed by atoms with E-state index in [1.165, 1.54) is 11.1 Å². The lowest BCUT2D eigenvalue weighted by atomic mass is 10.1. The minimum Gasteiger partial charge on any atom is -0.354 e. The third kappa shape index (κ3) is 19.8. The van der Waals surface area contributed by atoms with E-state index in [1.54, 1.807) is 0 Å². The Balaban J connectivity index is -0.000000472. The van der Waals surface area contributed by atoms with Crippen molar-refractivity contribution in [2.24, 2.45) is 5.73 Å². The Morgan fingerprint density at radius 3 is 2.09 bits per heavy atom. The van der Waals surface area contributed by atoms with Gasteiger partial charge in [0.25, 0.3) is 5.91 Å². The molecule has 188 valence electrons. The molecule has 0 radical (unpaired) electrons. The van der Waals surface area contributed by atoms with Crippen molar-refractivity contribution in [2.75, 3.05) is 18.8 Å². The minimum absolute atomic E-state index is 0.0452. The van der Waals surface area contributed by atoms with Gasteiger partial charge in [0.05, 0.1) is 5.75 Å². The number of amides is 1. The zero-order valence-electron chi connectivity index (χ0n) is 21.0. The molecule has 1 atom stereocenters. The highest BCUT2D eigenvalue weighted by Gasteiger charge is 2.27. The second kappa shape index (κ2) is 27.5. The van der Waals surface area contributed by atoms with Crippen LogP contribution in [0.15, 0.2) is 37.4 Å². The lowest BCUT2D eigenvalue weighted by Crippen LogP contribution is -2.47. The predicted octanol–water partition coefficient (Wildman–Crippen LogP) is 3.67. The van der Waals surface area contributed by atoms with Crippen molar-refractivity contribution in [1.82, 2.24) is 10.6 Å². The Bertz CT molecular complexity index is 723. The quantitative estimate of drug-likeness (QED) is 0.241. The monoisotopic (exact) mass is 479 g/mol. The van der Waals surface area contributed by atoms with Crippen molar-refractivity contribution in [3.8, 4) is 25.7 Å². The number of carbonyl (C=O) groups is 1. The maximum Gasteiger partial charge on any atom is 0.252 e. The van der Waals surface area contributed by atoms with Crippen LogP contribution in [0.5, 0.6) is 0 Å². The number of rotatable bonds is 12. The first-order valence-corrected chi connectivity index (χ1v) is 12.8. The molecule has 1 rings (SSSR count). The smallest absolute Gasteiger partial charge is 0.252 e. The van der Waals surface area contributed by atoms with Gasteiger partial charge < -0.3 is 16.4 Å². The molecule has 1 aromatic carbocycles. The van der Waals surface area contributed by atoms with Gasteiger partial charge in [-0.3, -0.25) is 4.79 Å².